The van der Waals surface area contributed by atoms with Gasteiger partial charge in [-0.15, -0.1) is 0 Å². The molecular formula is C20H19ClN2O3. The van der Waals surface area contributed by atoms with Crippen LogP contribution in [0, 0.1) is 13.8 Å². The van der Waals surface area contributed by atoms with E-state index in [2.05, 4.69) is 10.5 Å². The van der Waals surface area contributed by atoms with E-state index >= 15 is 0 Å². The molecule has 0 saturated carbocycles. The molecule has 0 radical (unpaired) electrons. The van der Waals surface area contributed by atoms with Crippen molar-refractivity contribution < 1.29 is 14.1 Å². The molecule has 0 aliphatic rings. The molecule has 5 nitrogen and oxygen atoms in total. The fourth-order valence-electron chi connectivity index (χ4n) is 2.52. The third-order valence-electron chi connectivity index (χ3n) is 3.96. The summed E-state index contributed by atoms with van der Waals surface area (Å²) in [6.07, 6.45) is 0.274. The zero-order valence-corrected chi connectivity index (χ0v) is 15.3. The molecular weight excluding hydrogens is 352 g/mol. The zero-order chi connectivity index (χ0) is 18.5. The summed E-state index contributed by atoms with van der Waals surface area (Å²) in [6.45, 7) is 4.15. The molecule has 6 heteroatoms. The molecule has 0 fully saturated rings. The minimum Gasteiger partial charge on any atom is -0.489 e. The Kier molecular flexibility index (Phi) is 5.58. The lowest BCUT2D eigenvalue weighted by atomic mass is 10.1. The van der Waals surface area contributed by atoms with Crippen LogP contribution >= 0.6 is 11.6 Å². The van der Waals surface area contributed by atoms with Crippen LogP contribution in [0.4, 0.5) is 5.69 Å². The molecule has 0 atom stereocenters. The molecule has 0 unspecified atom stereocenters. The number of rotatable bonds is 6. The zero-order valence-electron chi connectivity index (χ0n) is 14.6. The number of carbonyl (C=O) groups is 1. The number of nitrogens with zero attached hydrogens (tertiary/aromatic N) is 1. The summed E-state index contributed by atoms with van der Waals surface area (Å²) in [7, 11) is 0. The van der Waals surface area contributed by atoms with Crippen molar-refractivity contribution >= 4 is 23.2 Å². The maximum atomic E-state index is 12.1. The Morgan fingerprint density at radius 1 is 1.19 bits per heavy atom. The van der Waals surface area contributed by atoms with E-state index in [-0.39, 0.29) is 12.3 Å². The topological polar surface area (TPSA) is 64.4 Å². The van der Waals surface area contributed by atoms with E-state index in [1.54, 1.807) is 24.3 Å². The third-order valence-corrected chi connectivity index (χ3v) is 4.20. The first-order valence-electron chi connectivity index (χ1n) is 8.20. The average Bonchev–Trinajstić information content (AvgIpc) is 2.92. The van der Waals surface area contributed by atoms with E-state index in [9.17, 15) is 4.79 Å². The van der Waals surface area contributed by atoms with Crippen LogP contribution in [0.1, 0.15) is 22.6 Å². The predicted octanol–water partition coefficient (Wildman–Crippen LogP) is 4.71. The fraction of sp³-hybridized carbons (Fsp3) is 0.200. The van der Waals surface area contributed by atoms with Crippen molar-refractivity contribution in [2.24, 2.45) is 0 Å². The Labute approximate surface area is 156 Å². The van der Waals surface area contributed by atoms with Crippen LogP contribution in [0.5, 0.6) is 5.75 Å². The van der Waals surface area contributed by atoms with Gasteiger partial charge in [-0.1, -0.05) is 35.0 Å². The molecule has 134 valence electrons. The molecule has 3 aromatic rings. The SMILES string of the molecule is Cc1noc(C)c1COc1ccc(CC(=O)Nc2cccc(Cl)c2)cc1. The number of halogens is 1. The first kappa shape index (κ1) is 18.0. The summed E-state index contributed by atoms with van der Waals surface area (Å²) >= 11 is 5.92. The van der Waals surface area contributed by atoms with E-state index in [0.29, 0.717) is 17.3 Å². The number of carbonyl (C=O) groups excluding carboxylic acids is 1. The molecule has 26 heavy (non-hydrogen) atoms. The Bertz CT molecular complexity index is 884. The summed E-state index contributed by atoms with van der Waals surface area (Å²) in [5, 5.41) is 7.32. The number of benzene rings is 2. The van der Waals surface area contributed by atoms with Gasteiger partial charge in [-0.2, -0.15) is 0 Å². The second-order valence-electron chi connectivity index (χ2n) is 5.97. The summed E-state index contributed by atoms with van der Waals surface area (Å²) < 4.78 is 10.9. The molecule has 0 aliphatic heterocycles. The monoisotopic (exact) mass is 370 g/mol. The van der Waals surface area contributed by atoms with E-state index in [1.807, 2.05) is 38.1 Å². The standard InChI is InChI=1S/C20H19ClN2O3/c1-13-19(14(2)26-23-13)12-25-18-8-6-15(7-9-18)10-20(24)22-17-5-3-4-16(21)11-17/h3-9,11H,10,12H2,1-2H3,(H,22,24). The lowest BCUT2D eigenvalue weighted by Crippen LogP contribution is -2.14. The molecule has 0 bridgehead atoms. The van der Waals surface area contributed by atoms with Gasteiger partial charge >= 0.3 is 0 Å². The van der Waals surface area contributed by atoms with Crippen molar-refractivity contribution in [1.29, 1.82) is 0 Å². The van der Waals surface area contributed by atoms with Crippen molar-refractivity contribution in [3.05, 3.63) is 76.1 Å². The minimum absolute atomic E-state index is 0.100. The molecule has 2 aromatic carbocycles. The van der Waals surface area contributed by atoms with Gasteiger partial charge < -0.3 is 14.6 Å². The van der Waals surface area contributed by atoms with Gasteiger partial charge in [0.2, 0.25) is 5.91 Å². The van der Waals surface area contributed by atoms with Gasteiger partial charge in [-0.05, 0) is 49.7 Å². The van der Waals surface area contributed by atoms with Gasteiger partial charge in [0.1, 0.15) is 18.1 Å². The smallest absolute Gasteiger partial charge is 0.228 e. The molecule has 0 aliphatic carbocycles. The first-order chi connectivity index (χ1) is 12.5. The van der Waals surface area contributed by atoms with Gasteiger partial charge in [0.15, 0.2) is 0 Å². The molecule has 0 spiro atoms. The Balaban J connectivity index is 1.55. The van der Waals surface area contributed by atoms with Crippen molar-refractivity contribution in [3.8, 4) is 5.75 Å². The highest BCUT2D eigenvalue weighted by molar-refractivity contribution is 6.30. The lowest BCUT2D eigenvalue weighted by molar-refractivity contribution is -0.115. The highest BCUT2D eigenvalue weighted by Crippen LogP contribution is 2.19. The molecule has 0 saturated heterocycles. The number of hydrogen-bond donors (Lipinski definition) is 1. The van der Waals surface area contributed by atoms with E-state index in [1.165, 1.54) is 0 Å². The second-order valence-corrected chi connectivity index (χ2v) is 6.41. The maximum Gasteiger partial charge on any atom is 0.228 e. The van der Waals surface area contributed by atoms with Gasteiger partial charge in [-0.25, -0.2) is 0 Å². The van der Waals surface area contributed by atoms with Crippen LogP contribution in [-0.4, -0.2) is 11.1 Å². The van der Waals surface area contributed by atoms with Gasteiger partial charge in [0.05, 0.1) is 17.7 Å². The number of nitrogens with one attached hydrogen (secondary N) is 1. The summed E-state index contributed by atoms with van der Waals surface area (Å²) in [6, 6.07) is 14.5. The fourth-order valence-corrected chi connectivity index (χ4v) is 2.71. The number of ether oxygens (including phenoxy) is 1. The highest BCUT2D eigenvalue weighted by atomic mass is 35.5. The molecule has 1 amide bonds. The van der Waals surface area contributed by atoms with Crippen LogP contribution in [0.3, 0.4) is 0 Å². The van der Waals surface area contributed by atoms with Crippen molar-refractivity contribution in [2.75, 3.05) is 5.32 Å². The van der Waals surface area contributed by atoms with Crippen LogP contribution < -0.4 is 10.1 Å². The number of hydrogen-bond acceptors (Lipinski definition) is 4. The van der Waals surface area contributed by atoms with Crippen LogP contribution in [0.15, 0.2) is 53.1 Å². The summed E-state index contributed by atoms with van der Waals surface area (Å²) in [5.74, 6) is 1.39. The molecule has 1 N–H and O–H groups in total. The molecule has 3 rings (SSSR count). The normalized spacial score (nSPS) is 10.6. The number of anilines is 1. The summed E-state index contributed by atoms with van der Waals surface area (Å²) in [4.78, 5) is 12.1. The maximum absolute atomic E-state index is 12.1. The number of aryl methyl sites for hydroxylation is 2. The Hall–Kier alpha value is -2.79. The van der Waals surface area contributed by atoms with Crippen LogP contribution in [0.25, 0.3) is 0 Å². The van der Waals surface area contributed by atoms with Crippen molar-refractivity contribution in [2.45, 2.75) is 26.9 Å². The molecule has 1 heterocycles. The van der Waals surface area contributed by atoms with E-state index in [0.717, 1.165) is 28.3 Å². The first-order valence-corrected chi connectivity index (χ1v) is 8.58. The Morgan fingerprint density at radius 2 is 1.96 bits per heavy atom. The number of aromatic nitrogens is 1. The van der Waals surface area contributed by atoms with Crippen LogP contribution in [-0.2, 0) is 17.8 Å². The largest absolute Gasteiger partial charge is 0.489 e. The van der Waals surface area contributed by atoms with Crippen LogP contribution in [0.2, 0.25) is 5.02 Å². The minimum atomic E-state index is -0.100. The third kappa shape index (κ3) is 4.64. The lowest BCUT2D eigenvalue weighted by Gasteiger charge is -2.08. The Morgan fingerprint density at radius 3 is 2.62 bits per heavy atom. The highest BCUT2D eigenvalue weighted by Gasteiger charge is 2.10. The molecule has 1 aromatic heterocycles. The van der Waals surface area contributed by atoms with E-state index in [4.69, 9.17) is 20.9 Å². The predicted molar refractivity (Wildman–Crippen MR) is 101 cm³/mol. The van der Waals surface area contributed by atoms with Gasteiger partial charge in [0.25, 0.3) is 0 Å². The van der Waals surface area contributed by atoms with Crippen molar-refractivity contribution in [1.82, 2.24) is 5.16 Å². The summed E-state index contributed by atoms with van der Waals surface area (Å²) in [5.41, 5.74) is 3.36. The van der Waals surface area contributed by atoms with Gasteiger partial charge in [-0.3, -0.25) is 4.79 Å². The van der Waals surface area contributed by atoms with Crippen molar-refractivity contribution in [3.63, 3.8) is 0 Å². The average molecular weight is 371 g/mol. The quantitative estimate of drug-likeness (QED) is 0.682. The second kappa shape index (κ2) is 8.06. The van der Waals surface area contributed by atoms with E-state index < -0.39 is 0 Å². The van der Waals surface area contributed by atoms with Gasteiger partial charge in [0, 0.05) is 10.7 Å². The number of amides is 1.